The second-order valence-corrected chi connectivity index (χ2v) is 7.42. The summed E-state index contributed by atoms with van der Waals surface area (Å²) in [5, 5.41) is 9.21. The van der Waals surface area contributed by atoms with E-state index in [1.54, 1.807) is 11.8 Å². The molecule has 1 saturated heterocycles. The minimum Gasteiger partial charge on any atom is -0.490 e. The molecule has 2 aliphatic heterocycles. The Balaban J connectivity index is 1.47. The Bertz CT molecular complexity index is 1020. The molecule has 30 heavy (non-hydrogen) atoms. The first-order valence-corrected chi connectivity index (χ1v) is 9.63. The van der Waals surface area contributed by atoms with Gasteiger partial charge >= 0.3 is 0 Å². The van der Waals surface area contributed by atoms with Crippen LogP contribution in [0.15, 0.2) is 18.6 Å². The summed E-state index contributed by atoms with van der Waals surface area (Å²) in [6.07, 6.45) is 3.99. The van der Waals surface area contributed by atoms with Crippen LogP contribution in [-0.4, -0.2) is 57.7 Å². The number of pyridine rings is 1. The maximum Gasteiger partial charge on any atom is 0.260 e. The lowest BCUT2D eigenvalue weighted by atomic mass is 9.91. The number of piperidine rings is 1. The van der Waals surface area contributed by atoms with Gasteiger partial charge in [-0.2, -0.15) is 5.26 Å². The number of aromatic nitrogens is 3. The molecule has 1 amide bonds. The van der Waals surface area contributed by atoms with Crippen molar-refractivity contribution < 1.29 is 18.3 Å². The standard InChI is InChI=1S/C20H20F2N6O2/c1-13-16(21)11-25-19(26-13)27-4-2-20(22,3-5-27)18(29)28-6-7-30-17-14(8-23)9-24-10-15(17)12-28/h9-11H,2-7,12H2,1H3. The monoisotopic (exact) mass is 414 g/mol. The number of halogens is 2. The zero-order valence-corrected chi connectivity index (χ0v) is 16.4. The van der Waals surface area contributed by atoms with E-state index in [1.807, 2.05) is 6.07 Å². The lowest BCUT2D eigenvalue weighted by Gasteiger charge is -2.37. The van der Waals surface area contributed by atoms with E-state index >= 15 is 4.39 Å². The normalized spacial score (nSPS) is 18.1. The largest absolute Gasteiger partial charge is 0.490 e. The number of hydrogen-bond donors (Lipinski definition) is 0. The van der Waals surface area contributed by atoms with Gasteiger partial charge in [-0.15, -0.1) is 0 Å². The summed E-state index contributed by atoms with van der Waals surface area (Å²) in [4.78, 5) is 28.3. The number of nitriles is 1. The van der Waals surface area contributed by atoms with E-state index in [0.29, 0.717) is 22.8 Å². The Morgan fingerprint density at radius 1 is 1.27 bits per heavy atom. The molecular weight excluding hydrogens is 394 g/mol. The summed E-state index contributed by atoms with van der Waals surface area (Å²) in [6, 6.07) is 2.02. The number of ether oxygens (including phenoxy) is 1. The first-order valence-electron chi connectivity index (χ1n) is 9.63. The van der Waals surface area contributed by atoms with Crippen molar-refractivity contribution in [2.75, 3.05) is 31.1 Å². The number of fused-ring (bicyclic) bond motifs is 1. The summed E-state index contributed by atoms with van der Waals surface area (Å²) in [5.74, 6) is -0.370. The van der Waals surface area contributed by atoms with Gasteiger partial charge in [0.05, 0.1) is 25.0 Å². The van der Waals surface area contributed by atoms with Gasteiger partial charge in [0.2, 0.25) is 5.95 Å². The van der Waals surface area contributed by atoms with Crippen LogP contribution in [0.1, 0.15) is 29.7 Å². The molecule has 2 aliphatic rings. The van der Waals surface area contributed by atoms with Crippen molar-refractivity contribution in [1.82, 2.24) is 19.9 Å². The van der Waals surface area contributed by atoms with Crippen LogP contribution in [0, 0.1) is 24.1 Å². The number of carbonyl (C=O) groups is 1. The molecule has 0 bridgehead atoms. The Kier molecular flexibility index (Phi) is 5.20. The van der Waals surface area contributed by atoms with Crippen molar-refractivity contribution in [3.05, 3.63) is 41.2 Å². The second kappa shape index (κ2) is 7.82. The van der Waals surface area contributed by atoms with Gasteiger partial charge in [0.1, 0.15) is 24.0 Å². The van der Waals surface area contributed by atoms with Gasteiger partial charge in [-0.1, -0.05) is 0 Å². The van der Waals surface area contributed by atoms with Crippen molar-refractivity contribution >= 4 is 11.9 Å². The number of hydrogen-bond acceptors (Lipinski definition) is 7. The lowest BCUT2D eigenvalue weighted by molar-refractivity contribution is -0.146. The zero-order valence-electron chi connectivity index (χ0n) is 16.4. The van der Waals surface area contributed by atoms with E-state index in [9.17, 15) is 14.4 Å². The van der Waals surface area contributed by atoms with Crippen LogP contribution in [0.3, 0.4) is 0 Å². The lowest BCUT2D eigenvalue weighted by Crippen LogP contribution is -2.53. The molecule has 156 valence electrons. The van der Waals surface area contributed by atoms with Gasteiger partial charge in [-0.05, 0) is 6.92 Å². The number of alkyl halides is 1. The highest BCUT2D eigenvalue weighted by Crippen LogP contribution is 2.33. The quantitative estimate of drug-likeness (QED) is 0.741. The number of rotatable bonds is 2. The zero-order chi connectivity index (χ0) is 21.3. The molecule has 1 fully saturated rings. The topological polar surface area (TPSA) is 95.2 Å². The summed E-state index contributed by atoms with van der Waals surface area (Å²) >= 11 is 0. The van der Waals surface area contributed by atoms with Crippen molar-refractivity contribution in [2.24, 2.45) is 0 Å². The number of carbonyl (C=O) groups excluding carboxylic acids is 1. The van der Waals surface area contributed by atoms with E-state index in [4.69, 9.17) is 4.74 Å². The van der Waals surface area contributed by atoms with Crippen molar-refractivity contribution in [3.63, 3.8) is 0 Å². The molecule has 10 heteroatoms. The molecule has 0 aromatic carbocycles. The van der Waals surface area contributed by atoms with Gasteiger partial charge in [0, 0.05) is 43.9 Å². The molecule has 0 unspecified atom stereocenters. The van der Waals surface area contributed by atoms with Crippen LogP contribution in [0.5, 0.6) is 5.75 Å². The van der Waals surface area contributed by atoms with Crippen molar-refractivity contribution in [3.8, 4) is 11.8 Å². The number of anilines is 1. The first-order chi connectivity index (χ1) is 14.4. The molecule has 0 aliphatic carbocycles. The fourth-order valence-electron chi connectivity index (χ4n) is 3.72. The molecule has 0 N–H and O–H groups in total. The number of nitrogens with zero attached hydrogens (tertiary/aromatic N) is 6. The van der Waals surface area contributed by atoms with Crippen molar-refractivity contribution in [2.45, 2.75) is 32.0 Å². The predicted octanol–water partition coefficient (Wildman–Crippen LogP) is 1.92. The average molecular weight is 414 g/mol. The van der Waals surface area contributed by atoms with Gasteiger partial charge in [0.25, 0.3) is 5.91 Å². The van der Waals surface area contributed by atoms with E-state index < -0.39 is 17.4 Å². The molecule has 0 atom stereocenters. The van der Waals surface area contributed by atoms with Crippen LogP contribution in [0.2, 0.25) is 0 Å². The molecule has 2 aromatic heterocycles. The van der Waals surface area contributed by atoms with E-state index in [0.717, 1.165) is 6.20 Å². The molecule has 0 saturated carbocycles. The van der Waals surface area contributed by atoms with E-state index in [-0.39, 0.29) is 51.3 Å². The van der Waals surface area contributed by atoms with Crippen LogP contribution in [0.4, 0.5) is 14.7 Å². The molecular formula is C20H20F2N6O2. The molecule has 4 heterocycles. The summed E-state index contributed by atoms with van der Waals surface area (Å²) in [5.41, 5.74) is -0.923. The first kappa shape index (κ1) is 19.9. The highest BCUT2D eigenvalue weighted by molar-refractivity contribution is 5.85. The van der Waals surface area contributed by atoms with Gasteiger partial charge < -0.3 is 14.5 Å². The Hall–Kier alpha value is -3.35. The average Bonchev–Trinajstić information content (AvgIpc) is 2.98. The SMILES string of the molecule is Cc1nc(N2CCC(F)(C(=O)N3CCOc4c(C#N)cncc4C3)CC2)ncc1F. The van der Waals surface area contributed by atoms with Gasteiger partial charge in [-0.25, -0.2) is 18.7 Å². The fourth-order valence-corrected chi connectivity index (χ4v) is 3.72. The number of aryl methyl sites for hydroxylation is 1. The Morgan fingerprint density at radius 2 is 2.03 bits per heavy atom. The van der Waals surface area contributed by atoms with Crippen LogP contribution >= 0.6 is 0 Å². The Morgan fingerprint density at radius 3 is 2.73 bits per heavy atom. The minimum atomic E-state index is -2.02. The molecule has 4 rings (SSSR count). The summed E-state index contributed by atoms with van der Waals surface area (Å²) < 4.78 is 34.6. The third kappa shape index (κ3) is 3.63. The maximum atomic E-state index is 15.6. The minimum absolute atomic E-state index is 0.0215. The number of amides is 1. The second-order valence-electron chi connectivity index (χ2n) is 7.42. The smallest absolute Gasteiger partial charge is 0.260 e. The third-order valence-electron chi connectivity index (χ3n) is 5.48. The van der Waals surface area contributed by atoms with Gasteiger partial charge in [0.15, 0.2) is 11.5 Å². The summed E-state index contributed by atoms with van der Waals surface area (Å²) in [6.45, 7) is 2.55. The molecule has 2 aromatic rings. The molecule has 0 spiro atoms. The third-order valence-corrected chi connectivity index (χ3v) is 5.48. The maximum absolute atomic E-state index is 15.6. The summed E-state index contributed by atoms with van der Waals surface area (Å²) in [7, 11) is 0. The molecule has 8 nitrogen and oxygen atoms in total. The fraction of sp³-hybridized carbons (Fsp3) is 0.450. The van der Waals surface area contributed by atoms with Crippen molar-refractivity contribution in [1.29, 1.82) is 5.26 Å². The van der Waals surface area contributed by atoms with E-state index in [2.05, 4.69) is 15.0 Å². The van der Waals surface area contributed by atoms with Crippen LogP contribution in [0.25, 0.3) is 0 Å². The highest BCUT2D eigenvalue weighted by Gasteiger charge is 2.45. The predicted molar refractivity (Wildman–Crippen MR) is 102 cm³/mol. The molecule has 0 radical (unpaired) electrons. The van der Waals surface area contributed by atoms with E-state index in [1.165, 1.54) is 17.3 Å². The Labute approximate surface area is 172 Å². The van der Waals surface area contributed by atoms with Crippen LogP contribution < -0.4 is 9.64 Å². The van der Waals surface area contributed by atoms with Gasteiger partial charge in [-0.3, -0.25) is 9.78 Å². The van der Waals surface area contributed by atoms with Crippen LogP contribution in [-0.2, 0) is 11.3 Å². The highest BCUT2D eigenvalue weighted by atomic mass is 19.1.